The first-order valence-electron chi connectivity index (χ1n) is 8.13. The number of rotatable bonds is 6. The van der Waals surface area contributed by atoms with Crippen molar-refractivity contribution in [3.05, 3.63) is 0 Å². The van der Waals surface area contributed by atoms with Gasteiger partial charge in [0.15, 0.2) is 0 Å². The summed E-state index contributed by atoms with van der Waals surface area (Å²) in [5.41, 5.74) is 0. The van der Waals surface area contributed by atoms with Crippen LogP contribution in [-0.4, -0.2) is 40.6 Å². The average Bonchev–Trinajstić information content (AvgIpc) is 2.99. The Balaban J connectivity index is 2.10. The highest BCUT2D eigenvalue weighted by Crippen LogP contribution is 2.41. The van der Waals surface area contributed by atoms with Crippen molar-refractivity contribution in [2.24, 2.45) is 5.92 Å². The fraction of sp³-hybridized carbons (Fsp3) is 0.938. The van der Waals surface area contributed by atoms with Crippen LogP contribution in [0.15, 0.2) is 0 Å². The van der Waals surface area contributed by atoms with E-state index in [-0.39, 0.29) is 12.2 Å². The fourth-order valence-corrected chi connectivity index (χ4v) is 4.59. The molecular formula is C16H30N2OS. The SMILES string of the molecule is CCC1NC(CC(C)C)N(CC2(SC)CCCC2)C1=O. The van der Waals surface area contributed by atoms with Crippen molar-refractivity contribution in [1.82, 2.24) is 10.2 Å². The van der Waals surface area contributed by atoms with Gasteiger partial charge in [0.05, 0.1) is 12.2 Å². The predicted molar refractivity (Wildman–Crippen MR) is 86.9 cm³/mol. The number of hydrogen-bond acceptors (Lipinski definition) is 3. The highest BCUT2D eigenvalue weighted by atomic mass is 32.2. The summed E-state index contributed by atoms with van der Waals surface area (Å²) >= 11 is 1.98. The largest absolute Gasteiger partial charge is 0.324 e. The standard InChI is InChI=1S/C16H30N2OS/c1-5-13-15(19)18(14(17-13)10-12(2)3)11-16(20-4)8-6-7-9-16/h12-14,17H,5-11H2,1-4H3. The molecule has 2 unspecified atom stereocenters. The molecule has 1 N–H and O–H groups in total. The third-order valence-corrected chi connectivity index (χ3v) is 6.26. The lowest BCUT2D eigenvalue weighted by molar-refractivity contribution is -0.130. The summed E-state index contributed by atoms with van der Waals surface area (Å²) in [6, 6.07) is 0.0408. The third kappa shape index (κ3) is 3.33. The molecule has 1 saturated carbocycles. The Bertz CT molecular complexity index is 339. The maximum absolute atomic E-state index is 12.6. The highest BCUT2D eigenvalue weighted by molar-refractivity contribution is 8.00. The predicted octanol–water partition coefficient (Wildman–Crippen LogP) is 3.24. The minimum Gasteiger partial charge on any atom is -0.324 e. The Hall–Kier alpha value is -0.220. The first-order valence-corrected chi connectivity index (χ1v) is 9.35. The lowest BCUT2D eigenvalue weighted by atomic mass is 10.0. The molecule has 1 aliphatic carbocycles. The second-order valence-corrected chi connectivity index (χ2v) is 8.11. The average molecular weight is 298 g/mol. The van der Waals surface area contributed by atoms with Crippen LogP contribution in [0, 0.1) is 5.92 Å². The molecule has 0 aromatic rings. The van der Waals surface area contributed by atoms with Crippen LogP contribution in [0.5, 0.6) is 0 Å². The molecule has 2 atom stereocenters. The number of nitrogens with zero attached hydrogens (tertiary/aromatic N) is 1. The molecular weight excluding hydrogens is 268 g/mol. The van der Waals surface area contributed by atoms with Gasteiger partial charge >= 0.3 is 0 Å². The first kappa shape index (κ1) is 16.2. The Morgan fingerprint density at radius 3 is 2.55 bits per heavy atom. The molecule has 1 amide bonds. The maximum atomic E-state index is 12.6. The molecule has 1 saturated heterocycles. The number of carbonyl (C=O) groups is 1. The minimum absolute atomic E-state index is 0.0408. The van der Waals surface area contributed by atoms with Crippen LogP contribution in [0.1, 0.15) is 59.3 Å². The minimum atomic E-state index is 0.0408. The summed E-state index contributed by atoms with van der Waals surface area (Å²) in [6.07, 6.45) is 9.60. The Morgan fingerprint density at radius 2 is 2.05 bits per heavy atom. The van der Waals surface area contributed by atoms with E-state index in [0.29, 0.717) is 16.6 Å². The second-order valence-electron chi connectivity index (χ2n) is 6.83. The lowest BCUT2D eigenvalue weighted by Gasteiger charge is -2.35. The van der Waals surface area contributed by atoms with E-state index < -0.39 is 0 Å². The van der Waals surface area contributed by atoms with Gasteiger partial charge in [-0.25, -0.2) is 0 Å². The fourth-order valence-electron chi connectivity index (χ4n) is 3.63. The van der Waals surface area contributed by atoms with Crippen LogP contribution in [0.4, 0.5) is 0 Å². The summed E-state index contributed by atoms with van der Waals surface area (Å²) in [4.78, 5) is 14.8. The van der Waals surface area contributed by atoms with Gasteiger partial charge in [-0.05, 0) is 37.9 Å². The molecule has 116 valence electrons. The molecule has 0 aromatic heterocycles. The van der Waals surface area contributed by atoms with E-state index in [1.165, 1.54) is 25.7 Å². The van der Waals surface area contributed by atoms with E-state index in [1.807, 2.05) is 11.8 Å². The summed E-state index contributed by atoms with van der Waals surface area (Å²) < 4.78 is 0.315. The molecule has 1 aliphatic heterocycles. The smallest absolute Gasteiger partial charge is 0.241 e. The van der Waals surface area contributed by atoms with Crippen LogP contribution in [0.3, 0.4) is 0 Å². The molecule has 1 heterocycles. The highest BCUT2D eigenvalue weighted by Gasteiger charge is 2.43. The molecule has 4 heteroatoms. The maximum Gasteiger partial charge on any atom is 0.241 e. The van der Waals surface area contributed by atoms with E-state index in [4.69, 9.17) is 0 Å². The van der Waals surface area contributed by atoms with Crippen molar-refractivity contribution in [3.8, 4) is 0 Å². The zero-order valence-electron chi connectivity index (χ0n) is 13.4. The second kappa shape index (κ2) is 6.69. The van der Waals surface area contributed by atoms with Gasteiger partial charge in [-0.2, -0.15) is 11.8 Å². The summed E-state index contributed by atoms with van der Waals surface area (Å²) in [5, 5.41) is 3.55. The van der Waals surface area contributed by atoms with E-state index >= 15 is 0 Å². The van der Waals surface area contributed by atoms with E-state index in [2.05, 4.69) is 37.2 Å². The van der Waals surface area contributed by atoms with Gasteiger partial charge < -0.3 is 4.90 Å². The Kier molecular flexibility index (Phi) is 5.41. The van der Waals surface area contributed by atoms with Crippen molar-refractivity contribution in [3.63, 3.8) is 0 Å². The number of nitrogens with one attached hydrogen (secondary N) is 1. The molecule has 2 fully saturated rings. The van der Waals surface area contributed by atoms with Crippen LogP contribution in [-0.2, 0) is 4.79 Å². The van der Waals surface area contributed by atoms with Gasteiger partial charge in [-0.3, -0.25) is 10.1 Å². The van der Waals surface area contributed by atoms with Gasteiger partial charge in [0.25, 0.3) is 0 Å². The number of carbonyl (C=O) groups excluding carboxylic acids is 1. The molecule has 3 nitrogen and oxygen atoms in total. The van der Waals surface area contributed by atoms with Crippen LogP contribution in [0.2, 0.25) is 0 Å². The molecule has 2 aliphatic rings. The van der Waals surface area contributed by atoms with Crippen molar-refractivity contribution >= 4 is 17.7 Å². The van der Waals surface area contributed by atoms with Crippen molar-refractivity contribution in [1.29, 1.82) is 0 Å². The summed E-state index contributed by atoms with van der Waals surface area (Å²) in [5.74, 6) is 0.950. The van der Waals surface area contributed by atoms with Crippen LogP contribution < -0.4 is 5.32 Å². The molecule has 0 radical (unpaired) electrons. The summed E-state index contributed by atoms with van der Waals surface area (Å²) in [6.45, 7) is 7.52. The van der Waals surface area contributed by atoms with E-state index in [9.17, 15) is 4.79 Å². The van der Waals surface area contributed by atoms with Crippen LogP contribution in [0.25, 0.3) is 0 Å². The number of hydrogen-bond donors (Lipinski definition) is 1. The topological polar surface area (TPSA) is 32.3 Å². The normalized spacial score (nSPS) is 29.6. The lowest BCUT2D eigenvalue weighted by Crippen LogP contribution is -2.46. The first-order chi connectivity index (χ1) is 9.51. The van der Waals surface area contributed by atoms with Gasteiger partial charge in [0, 0.05) is 11.3 Å². The van der Waals surface area contributed by atoms with Crippen molar-refractivity contribution < 1.29 is 4.79 Å². The molecule has 20 heavy (non-hydrogen) atoms. The van der Waals surface area contributed by atoms with Gasteiger partial charge in [0.2, 0.25) is 5.91 Å². The van der Waals surface area contributed by atoms with Gasteiger partial charge in [-0.1, -0.05) is 33.6 Å². The zero-order chi connectivity index (χ0) is 14.8. The summed E-state index contributed by atoms with van der Waals surface area (Å²) in [7, 11) is 0. The van der Waals surface area contributed by atoms with Gasteiger partial charge in [-0.15, -0.1) is 0 Å². The third-order valence-electron chi connectivity index (χ3n) is 4.86. The van der Waals surface area contributed by atoms with Crippen LogP contribution >= 0.6 is 11.8 Å². The molecule has 0 bridgehead atoms. The molecule has 2 rings (SSSR count). The van der Waals surface area contributed by atoms with Gasteiger partial charge in [0.1, 0.15) is 0 Å². The quantitative estimate of drug-likeness (QED) is 0.817. The number of thioether (sulfide) groups is 1. The van der Waals surface area contributed by atoms with Crippen molar-refractivity contribution in [2.45, 2.75) is 76.3 Å². The van der Waals surface area contributed by atoms with Crippen molar-refractivity contribution in [2.75, 3.05) is 12.8 Å². The van der Waals surface area contributed by atoms with E-state index in [1.54, 1.807) is 0 Å². The Morgan fingerprint density at radius 1 is 1.40 bits per heavy atom. The monoisotopic (exact) mass is 298 g/mol. The zero-order valence-corrected chi connectivity index (χ0v) is 14.3. The number of amides is 1. The Labute approximate surface area is 128 Å². The molecule has 0 aromatic carbocycles. The van der Waals surface area contributed by atoms with E-state index in [0.717, 1.165) is 19.4 Å². The molecule has 0 spiro atoms.